The fourth-order valence-electron chi connectivity index (χ4n) is 3.03. The van der Waals surface area contributed by atoms with Crippen LogP contribution in [0.3, 0.4) is 0 Å². The van der Waals surface area contributed by atoms with Crippen LogP contribution in [-0.4, -0.2) is 44.3 Å². The van der Waals surface area contributed by atoms with Crippen molar-refractivity contribution in [2.45, 2.75) is 31.4 Å². The third-order valence-corrected chi connectivity index (χ3v) is 4.90. The Hall–Kier alpha value is -4.03. The zero-order chi connectivity index (χ0) is 24.9. The number of carbonyl (C=O) groups is 1. The lowest BCUT2D eigenvalue weighted by Gasteiger charge is -2.28. The van der Waals surface area contributed by atoms with E-state index in [2.05, 4.69) is 19.9 Å². The van der Waals surface area contributed by atoms with Gasteiger partial charge in [-0.1, -0.05) is 12.5 Å². The van der Waals surface area contributed by atoms with Crippen LogP contribution >= 0.6 is 0 Å². The fourth-order valence-corrected chi connectivity index (χ4v) is 3.03. The second kappa shape index (κ2) is 10.3. The molecule has 0 atom stereocenters. The fraction of sp³-hybridized carbons (Fsp3) is 0.286. The van der Waals surface area contributed by atoms with Gasteiger partial charge in [-0.05, 0) is 30.9 Å². The number of rotatable bonds is 5. The number of benzene rings is 1. The molecule has 0 saturated heterocycles. The summed E-state index contributed by atoms with van der Waals surface area (Å²) in [5.41, 5.74) is 7.15. The molecular formula is C21H19F4N5O4. The standard InChI is InChI=1S/C19H18FN5O2.C2HF3O2/c1-26-15-9-16(24-10-23-15)27-18-12(11-3-2-4-11)5-6-13(17(18)20)14-7-8-22-19(21)25-14;3-2(4,5)1(6)7/h5-11H,2-4H2,1H3,(H2,21,22,25);(H,6,7). The van der Waals surface area contributed by atoms with Gasteiger partial charge >= 0.3 is 12.1 Å². The minimum Gasteiger partial charge on any atom is -0.481 e. The molecule has 1 fully saturated rings. The van der Waals surface area contributed by atoms with Crippen molar-refractivity contribution in [3.8, 4) is 28.8 Å². The maximum atomic E-state index is 15.4. The third kappa shape index (κ3) is 5.85. The van der Waals surface area contributed by atoms with Crippen LogP contribution in [0.1, 0.15) is 30.7 Å². The van der Waals surface area contributed by atoms with Crippen LogP contribution in [0.5, 0.6) is 17.5 Å². The molecule has 3 N–H and O–H groups in total. The number of nitrogens with zero attached hydrogens (tertiary/aromatic N) is 4. The molecule has 13 heteroatoms. The summed E-state index contributed by atoms with van der Waals surface area (Å²) in [5.74, 6) is -2.22. The number of methoxy groups -OCH3 is 1. The molecule has 34 heavy (non-hydrogen) atoms. The Kier molecular flexibility index (Phi) is 7.44. The van der Waals surface area contributed by atoms with Crippen molar-refractivity contribution >= 4 is 11.9 Å². The molecule has 4 rings (SSSR count). The van der Waals surface area contributed by atoms with Crippen LogP contribution in [0, 0.1) is 5.82 Å². The Morgan fingerprint density at radius 3 is 2.38 bits per heavy atom. The number of carboxylic acids is 1. The first kappa shape index (κ1) is 24.6. The van der Waals surface area contributed by atoms with Crippen molar-refractivity contribution in [3.63, 3.8) is 0 Å². The van der Waals surface area contributed by atoms with E-state index in [9.17, 15) is 13.2 Å². The van der Waals surface area contributed by atoms with E-state index in [1.54, 1.807) is 12.1 Å². The summed E-state index contributed by atoms with van der Waals surface area (Å²) in [6, 6.07) is 6.71. The van der Waals surface area contributed by atoms with Gasteiger partial charge in [0.05, 0.1) is 18.9 Å². The summed E-state index contributed by atoms with van der Waals surface area (Å²) in [6.07, 6.45) is 0.847. The number of halogens is 4. The molecule has 2 aromatic heterocycles. The number of anilines is 1. The average molecular weight is 481 g/mol. The van der Waals surface area contributed by atoms with E-state index in [-0.39, 0.29) is 23.5 Å². The minimum absolute atomic E-state index is 0.0815. The summed E-state index contributed by atoms with van der Waals surface area (Å²) in [4.78, 5) is 24.9. The van der Waals surface area contributed by atoms with E-state index in [4.69, 9.17) is 25.1 Å². The molecule has 1 saturated carbocycles. The highest BCUT2D eigenvalue weighted by Crippen LogP contribution is 2.45. The van der Waals surface area contributed by atoms with Gasteiger partial charge in [-0.15, -0.1) is 0 Å². The van der Waals surface area contributed by atoms with Crippen LogP contribution in [0.4, 0.5) is 23.5 Å². The number of hydrogen-bond acceptors (Lipinski definition) is 8. The number of ether oxygens (including phenoxy) is 2. The van der Waals surface area contributed by atoms with Crippen LogP contribution < -0.4 is 15.2 Å². The first-order valence-electron chi connectivity index (χ1n) is 9.85. The highest BCUT2D eigenvalue weighted by molar-refractivity contribution is 5.73. The quantitative estimate of drug-likeness (QED) is 0.510. The molecule has 1 aromatic carbocycles. The number of nitrogens with two attached hydrogens (primary N) is 1. The van der Waals surface area contributed by atoms with Crippen LogP contribution in [0.2, 0.25) is 0 Å². The van der Waals surface area contributed by atoms with E-state index < -0.39 is 18.0 Å². The number of hydrogen-bond donors (Lipinski definition) is 2. The number of aliphatic carboxylic acids is 1. The van der Waals surface area contributed by atoms with Gasteiger partial charge in [-0.2, -0.15) is 13.2 Å². The number of carboxylic acid groups (broad SMARTS) is 1. The van der Waals surface area contributed by atoms with Crippen molar-refractivity contribution in [2.75, 3.05) is 12.8 Å². The summed E-state index contributed by atoms with van der Waals surface area (Å²) in [6.45, 7) is 0. The summed E-state index contributed by atoms with van der Waals surface area (Å²) in [7, 11) is 1.49. The Labute approximate surface area is 190 Å². The van der Waals surface area contributed by atoms with E-state index in [0.717, 1.165) is 24.8 Å². The van der Waals surface area contributed by atoms with Crippen molar-refractivity contribution in [1.29, 1.82) is 0 Å². The molecule has 180 valence electrons. The SMILES string of the molecule is COc1cc(Oc2c(C3CCC3)ccc(-c3ccnc(N)n3)c2F)ncn1.O=C(O)C(F)(F)F. The zero-order valence-electron chi connectivity index (χ0n) is 17.7. The second-order valence-electron chi connectivity index (χ2n) is 7.08. The number of nitrogen functional groups attached to an aromatic ring is 1. The predicted octanol–water partition coefficient (Wildman–Crippen LogP) is 4.36. The summed E-state index contributed by atoms with van der Waals surface area (Å²) >= 11 is 0. The Bertz CT molecular complexity index is 1170. The smallest absolute Gasteiger partial charge is 0.481 e. The van der Waals surface area contributed by atoms with Crippen molar-refractivity contribution in [1.82, 2.24) is 19.9 Å². The molecule has 1 aliphatic carbocycles. The minimum atomic E-state index is -5.08. The van der Waals surface area contributed by atoms with Crippen LogP contribution in [0.15, 0.2) is 36.8 Å². The Balaban J connectivity index is 0.000000406. The van der Waals surface area contributed by atoms with Gasteiger partial charge in [0.1, 0.15) is 6.33 Å². The average Bonchev–Trinajstić information content (AvgIpc) is 2.75. The lowest BCUT2D eigenvalue weighted by molar-refractivity contribution is -0.192. The van der Waals surface area contributed by atoms with Gasteiger partial charge in [0.25, 0.3) is 0 Å². The van der Waals surface area contributed by atoms with Crippen LogP contribution in [0.25, 0.3) is 11.3 Å². The van der Waals surface area contributed by atoms with E-state index in [1.807, 2.05) is 6.07 Å². The highest BCUT2D eigenvalue weighted by atomic mass is 19.4. The molecule has 0 bridgehead atoms. The second-order valence-corrected chi connectivity index (χ2v) is 7.08. The number of aromatic nitrogens is 4. The molecular weight excluding hydrogens is 462 g/mol. The third-order valence-electron chi connectivity index (χ3n) is 4.90. The van der Waals surface area contributed by atoms with Crippen molar-refractivity contribution in [2.24, 2.45) is 0 Å². The summed E-state index contributed by atoms with van der Waals surface area (Å²) < 4.78 is 58.1. The molecule has 0 radical (unpaired) electrons. The largest absolute Gasteiger partial charge is 0.490 e. The highest BCUT2D eigenvalue weighted by Gasteiger charge is 2.38. The predicted molar refractivity (Wildman–Crippen MR) is 111 cm³/mol. The van der Waals surface area contributed by atoms with E-state index >= 15 is 4.39 Å². The van der Waals surface area contributed by atoms with Gasteiger partial charge in [0.15, 0.2) is 11.6 Å². The lowest BCUT2D eigenvalue weighted by atomic mass is 9.79. The van der Waals surface area contributed by atoms with Gasteiger partial charge in [-0.25, -0.2) is 29.1 Å². The van der Waals surface area contributed by atoms with Gasteiger partial charge in [0.2, 0.25) is 17.7 Å². The molecule has 0 amide bonds. The van der Waals surface area contributed by atoms with Crippen molar-refractivity contribution in [3.05, 3.63) is 48.2 Å². The molecule has 2 heterocycles. The van der Waals surface area contributed by atoms with E-state index in [1.165, 1.54) is 25.7 Å². The zero-order valence-corrected chi connectivity index (χ0v) is 17.7. The first-order valence-corrected chi connectivity index (χ1v) is 9.85. The maximum Gasteiger partial charge on any atom is 0.490 e. The van der Waals surface area contributed by atoms with Gasteiger partial charge in [-0.3, -0.25) is 0 Å². The molecule has 0 unspecified atom stereocenters. The first-order chi connectivity index (χ1) is 16.1. The maximum absolute atomic E-state index is 15.4. The molecule has 0 spiro atoms. The van der Waals surface area contributed by atoms with Crippen LogP contribution in [-0.2, 0) is 4.79 Å². The van der Waals surface area contributed by atoms with Gasteiger partial charge in [0, 0.05) is 17.3 Å². The van der Waals surface area contributed by atoms with Gasteiger partial charge < -0.3 is 20.3 Å². The Morgan fingerprint density at radius 1 is 1.15 bits per heavy atom. The summed E-state index contributed by atoms with van der Waals surface area (Å²) in [5, 5.41) is 7.12. The van der Waals surface area contributed by atoms with Crippen molar-refractivity contribution < 1.29 is 36.9 Å². The number of alkyl halides is 3. The topological polar surface area (TPSA) is 133 Å². The normalized spacial score (nSPS) is 13.3. The monoisotopic (exact) mass is 481 g/mol. The lowest BCUT2D eigenvalue weighted by Crippen LogP contribution is -2.21. The molecule has 1 aliphatic rings. The molecule has 3 aromatic rings. The molecule has 0 aliphatic heterocycles. The van der Waals surface area contributed by atoms with E-state index in [0.29, 0.717) is 17.1 Å². The Morgan fingerprint density at radius 2 is 1.82 bits per heavy atom. The molecule has 9 nitrogen and oxygen atoms in total.